The molecule has 156 valence electrons. The molecule has 2 unspecified atom stereocenters. The number of carbonyl (C=O) groups is 1. The molecule has 5 nitrogen and oxygen atoms in total. The van der Waals surface area contributed by atoms with Gasteiger partial charge in [0.1, 0.15) is 5.75 Å². The number of hydrogen-bond acceptors (Lipinski definition) is 4. The van der Waals surface area contributed by atoms with Gasteiger partial charge in [-0.25, -0.2) is 0 Å². The van der Waals surface area contributed by atoms with Crippen molar-refractivity contribution in [3.63, 3.8) is 0 Å². The van der Waals surface area contributed by atoms with Gasteiger partial charge in [0.15, 0.2) is 0 Å². The maximum absolute atomic E-state index is 12.8. The Morgan fingerprint density at radius 2 is 1.97 bits per heavy atom. The zero-order chi connectivity index (χ0) is 20.4. The minimum atomic E-state index is -0.284. The maximum Gasteiger partial charge on any atom is 0.464 e. The molecule has 0 N–H and O–H groups in total. The van der Waals surface area contributed by atoms with E-state index in [9.17, 15) is 4.79 Å². The lowest BCUT2D eigenvalue weighted by atomic mass is 9.63. The van der Waals surface area contributed by atoms with E-state index in [-0.39, 0.29) is 29.5 Å². The molecule has 1 amide bonds. The number of piperidine rings is 1. The summed E-state index contributed by atoms with van der Waals surface area (Å²) in [4.78, 5) is 14.9. The first-order valence-corrected chi connectivity index (χ1v) is 11.1. The Bertz CT molecular complexity index is 822. The summed E-state index contributed by atoms with van der Waals surface area (Å²) in [6.07, 6.45) is 4.45. The largest absolute Gasteiger partial charge is 0.493 e. The van der Waals surface area contributed by atoms with Crippen molar-refractivity contribution in [2.24, 2.45) is 5.92 Å². The fraction of sp³-hybridized carbons (Fsp3) is 0.696. The van der Waals surface area contributed by atoms with Crippen LogP contribution in [0.5, 0.6) is 5.75 Å². The van der Waals surface area contributed by atoms with E-state index in [0.717, 1.165) is 51.1 Å². The van der Waals surface area contributed by atoms with Crippen LogP contribution in [0.3, 0.4) is 0 Å². The van der Waals surface area contributed by atoms with Crippen LogP contribution in [0, 0.1) is 5.92 Å². The van der Waals surface area contributed by atoms with Crippen LogP contribution in [-0.2, 0) is 26.9 Å². The minimum Gasteiger partial charge on any atom is -0.493 e. The van der Waals surface area contributed by atoms with Crippen molar-refractivity contribution >= 4 is 13.0 Å². The fourth-order valence-electron chi connectivity index (χ4n) is 5.17. The van der Waals surface area contributed by atoms with Crippen LogP contribution < -0.4 is 4.74 Å². The third-order valence-corrected chi connectivity index (χ3v) is 8.02. The summed E-state index contributed by atoms with van der Waals surface area (Å²) in [5.41, 5.74) is 1.94. The second-order valence-electron chi connectivity index (χ2n) is 10.4. The van der Waals surface area contributed by atoms with Crippen LogP contribution in [-0.4, -0.2) is 48.8 Å². The molecule has 3 aliphatic heterocycles. The van der Waals surface area contributed by atoms with Gasteiger partial charge in [0.05, 0.1) is 17.8 Å². The molecule has 1 saturated carbocycles. The zero-order valence-corrected chi connectivity index (χ0v) is 18.1. The van der Waals surface area contributed by atoms with Crippen molar-refractivity contribution < 1.29 is 18.8 Å². The van der Waals surface area contributed by atoms with Gasteiger partial charge in [-0.1, -0.05) is 12.1 Å². The standard InChI is InChI=1S/C23H32BNO4/c1-21(2)22(3,4)29-24(28-21)23-10-11-25(15-18(23)14-23)20(26)8-6-16-5-7-19-17(13-16)9-12-27-19/h5,7,13,18H,6,8-12,14-15H2,1-4H3. The Labute approximate surface area is 174 Å². The van der Waals surface area contributed by atoms with E-state index in [1.807, 2.05) is 6.07 Å². The van der Waals surface area contributed by atoms with Crippen LogP contribution in [0.1, 0.15) is 58.1 Å². The van der Waals surface area contributed by atoms with Crippen molar-refractivity contribution in [3.8, 4) is 5.75 Å². The Kier molecular flexibility index (Phi) is 4.35. The molecule has 6 heteroatoms. The smallest absolute Gasteiger partial charge is 0.464 e. The van der Waals surface area contributed by atoms with E-state index >= 15 is 0 Å². The van der Waals surface area contributed by atoms with Gasteiger partial charge in [0, 0.05) is 31.2 Å². The highest BCUT2D eigenvalue weighted by atomic mass is 16.7. The van der Waals surface area contributed by atoms with Crippen molar-refractivity contribution in [1.82, 2.24) is 4.90 Å². The molecule has 0 radical (unpaired) electrons. The van der Waals surface area contributed by atoms with Gasteiger partial charge in [-0.05, 0) is 70.1 Å². The van der Waals surface area contributed by atoms with E-state index in [2.05, 4.69) is 44.7 Å². The van der Waals surface area contributed by atoms with Crippen LogP contribution in [0.25, 0.3) is 0 Å². The summed E-state index contributed by atoms with van der Waals surface area (Å²) in [6, 6.07) is 6.35. The first-order chi connectivity index (χ1) is 13.7. The van der Waals surface area contributed by atoms with E-state index in [4.69, 9.17) is 14.0 Å². The number of aryl methyl sites for hydroxylation is 1. The summed E-state index contributed by atoms with van der Waals surface area (Å²) in [5, 5.41) is 0.113. The highest BCUT2D eigenvalue weighted by Gasteiger charge is 2.70. The van der Waals surface area contributed by atoms with Gasteiger partial charge < -0.3 is 18.9 Å². The molecule has 0 spiro atoms. The molecule has 1 aromatic carbocycles. The average Bonchev–Trinajstić information content (AvgIpc) is 3.14. The lowest BCUT2D eigenvalue weighted by molar-refractivity contribution is -0.132. The normalized spacial score (nSPS) is 31.2. The highest BCUT2D eigenvalue weighted by molar-refractivity contribution is 6.51. The lowest BCUT2D eigenvalue weighted by Gasteiger charge is -2.32. The molecule has 29 heavy (non-hydrogen) atoms. The van der Waals surface area contributed by atoms with E-state index in [1.165, 1.54) is 11.1 Å². The molecule has 1 aromatic rings. The summed E-state index contributed by atoms with van der Waals surface area (Å²) < 4.78 is 18.3. The number of ether oxygens (including phenoxy) is 1. The Hall–Kier alpha value is -1.53. The topological polar surface area (TPSA) is 48.0 Å². The highest BCUT2D eigenvalue weighted by Crippen LogP contribution is 2.69. The predicted molar refractivity (Wildman–Crippen MR) is 112 cm³/mol. The van der Waals surface area contributed by atoms with Crippen molar-refractivity contribution in [3.05, 3.63) is 29.3 Å². The van der Waals surface area contributed by atoms with Crippen molar-refractivity contribution in [2.45, 2.75) is 76.3 Å². The molecule has 2 saturated heterocycles. The molecular formula is C23H32BNO4. The van der Waals surface area contributed by atoms with Gasteiger partial charge in [-0.15, -0.1) is 0 Å². The molecular weight excluding hydrogens is 365 g/mol. The van der Waals surface area contributed by atoms with E-state index in [1.54, 1.807) is 0 Å². The quantitative estimate of drug-likeness (QED) is 0.728. The first-order valence-electron chi connectivity index (χ1n) is 11.1. The second kappa shape index (κ2) is 6.48. The van der Waals surface area contributed by atoms with Gasteiger partial charge in [-0.3, -0.25) is 4.79 Å². The number of fused-ring (bicyclic) bond motifs is 2. The van der Waals surface area contributed by atoms with E-state index < -0.39 is 0 Å². The minimum absolute atomic E-state index is 0.113. The summed E-state index contributed by atoms with van der Waals surface area (Å²) in [5.74, 6) is 1.78. The Balaban J connectivity index is 1.16. The van der Waals surface area contributed by atoms with Gasteiger partial charge in [-0.2, -0.15) is 0 Å². The summed E-state index contributed by atoms with van der Waals surface area (Å²) in [7, 11) is -0.136. The van der Waals surface area contributed by atoms with Crippen LogP contribution in [0.4, 0.5) is 0 Å². The molecule has 4 aliphatic rings. The number of amides is 1. The number of rotatable bonds is 4. The van der Waals surface area contributed by atoms with Crippen LogP contribution >= 0.6 is 0 Å². The van der Waals surface area contributed by atoms with Gasteiger partial charge >= 0.3 is 7.12 Å². The molecule has 0 bridgehead atoms. The molecule has 5 rings (SSSR count). The van der Waals surface area contributed by atoms with Gasteiger partial charge in [0.2, 0.25) is 5.91 Å². The average molecular weight is 397 g/mol. The molecule has 3 fully saturated rings. The maximum atomic E-state index is 12.8. The Morgan fingerprint density at radius 3 is 2.69 bits per heavy atom. The molecule has 1 aliphatic carbocycles. The number of benzene rings is 1. The summed E-state index contributed by atoms with van der Waals surface area (Å²) in [6.45, 7) is 10.9. The first kappa shape index (κ1) is 19.4. The zero-order valence-electron chi connectivity index (χ0n) is 18.1. The Morgan fingerprint density at radius 1 is 1.21 bits per heavy atom. The monoisotopic (exact) mass is 397 g/mol. The lowest BCUT2D eigenvalue weighted by Crippen LogP contribution is -2.42. The fourth-order valence-corrected chi connectivity index (χ4v) is 5.17. The number of nitrogens with zero attached hydrogens (tertiary/aromatic N) is 1. The molecule has 2 atom stereocenters. The van der Waals surface area contributed by atoms with Crippen molar-refractivity contribution in [2.75, 3.05) is 19.7 Å². The molecule has 3 heterocycles. The van der Waals surface area contributed by atoms with E-state index in [0.29, 0.717) is 12.3 Å². The van der Waals surface area contributed by atoms with Gasteiger partial charge in [0.25, 0.3) is 0 Å². The third-order valence-electron chi connectivity index (χ3n) is 8.02. The van der Waals surface area contributed by atoms with Crippen LogP contribution in [0.15, 0.2) is 18.2 Å². The van der Waals surface area contributed by atoms with Crippen molar-refractivity contribution in [1.29, 1.82) is 0 Å². The number of carbonyl (C=O) groups excluding carboxylic acids is 1. The number of likely N-dealkylation sites (tertiary alicyclic amines) is 1. The predicted octanol–water partition coefficient (Wildman–Crippen LogP) is 3.64. The third kappa shape index (κ3) is 3.19. The second-order valence-corrected chi connectivity index (χ2v) is 10.4. The number of hydrogen-bond donors (Lipinski definition) is 0. The summed E-state index contributed by atoms with van der Waals surface area (Å²) >= 11 is 0. The molecule has 0 aromatic heterocycles. The van der Waals surface area contributed by atoms with Crippen LogP contribution in [0.2, 0.25) is 5.31 Å². The SMILES string of the molecule is CC1(C)OB(C23CCN(C(=O)CCc4ccc5c(c4)CCO5)CC2C3)OC1(C)C.